The molecule has 6 nitrogen and oxygen atoms in total. The van der Waals surface area contributed by atoms with E-state index in [1.807, 2.05) is 35.9 Å². The number of aryl methyl sites for hydroxylation is 1. The molecule has 1 unspecified atom stereocenters. The lowest BCUT2D eigenvalue weighted by Crippen LogP contribution is -2.47. The number of para-hydroxylation sites is 2. The molecule has 1 fully saturated rings. The maximum atomic E-state index is 11.7. The van der Waals surface area contributed by atoms with Crippen molar-refractivity contribution >= 4 is 28.8 Å². The highest BCUT2D eigenvalue weighted by Crippen LogP contribution is 2.19. The number of nitrogens with one attached hydrogen (secondary N) is 2. The van der Waals surface area contributed by atoms with Gasteiger partial charge in [0.2, 0.25) is 17.8 Å². The molecule has 2 aromatic rings. The summed E-state index contributed by atoms with van der Waals surface area (Å²) in [6, 6.07) is 7.35. The summed E-state index contributed by atoms with van der Waals surface area (Å²) in [7, 11) is 1.89. The van der Waals surface area contributed by atoms with E-state index in [4.69, 9.17) is 0 Å². The molecule has 2 heterocycles. The minimum Gasteiger partial charge on any atom is -0.344 e. The molecule has 1 saturated heterocycles. The molecule has 2 amide bonds. The third kappa shape index (κ3) is 2.05. The zero-order chi connectivity index (χ0) is 13.4. The molecule has 1 aromatic heterocycles. The summed E-state index contributed by atoms with van der Waals surface area (Å²) in [5.74, 6) is 0.132. The van der Waals surface area contributed by atoms with Crippen molar-refractivity contribution in [2.45, 2.75) is 18.9 Å². The van der Waals surface area contributed by atoms with E-state index in [1.165, 1.54) is 0 Å². The number of rotatable bonds is 2. The second kappa shape index (κ2) is 4.38. The highest BCUT2D eigenvalue weighted by Gasteiger charge is 2.27. The number of nitrogens with zero attached hydrogens (tertiary/aromatic N) is 2. The van der Waals surface area contributed by atoms with E-state index in [1.54, 1.807) is 0 Å². The molecule has 19 heavy (non-hydrogen) atoms. The molecule has 2 N–H and O–H groups in total. The van der Waals surface area contributed by atoms with Crippen LogP contribution in [-0.4, -0.2) is 27.4 Å². The molecule has 1 aliphatic rings. The highest BCUT2D eigenvalue weighted by atomic mass is 16.2. The van der Waals surface area contributed by atoms with E-state index < -0.39 is 6.04 Å². The van der Waals surface area contributed by atoms with E-state index in [-0.39, 0.29) is 11.8 Å². The summed E-state index contributed by atoms with van der Waals surface area (Å²) in [6.45, 7) is 0. The van der Waals surface area contributed by atoms with Gasteiger partial charge in [0, 0.05) is 13.5 Å². The molecule has 6 heteroatoms. The first-order valence-corrected chi connectivity index (χ1v) is 6.17. The molecular formula is C13H14N4O2. The SMILES string of the molecule is Cn1c(NC2CCC(=O)NC2=O)nc2ccccc21. The van der Waals surface area contributed by atoms with E-state index in [0.29, 0.717) is 18.8 Å². The van der Waals surface area contributed by atoms with Crippen molar-refractivity contribution in [3.63, 3.8) is 0 Å². The van der Waals surface area contributed by atoms with Crippen LogP contribution in [0.25, 0.3) is 11.0 Å². The molecule has 3 rings (SSSR count). The molecule has 0 spiro atoms. The van der Waals surface area contributed by atoms with Gasteiger partial charge in [-0.15, -0.1) is 0 Å². The first-order chi connectivity index (χ1) is 9.15. The zero-order valence-corrected chi connectivity index (χ0v) is 10.5. The quantitative estimate of drug-likeness (QED) is 0.781. The predicted molar refractivity (Wildman–Crippen MR) is 70.5 cm³/mol. The Hall–Kier alpha value is -2.37. The highest BCUT2D eigenvalue weighted by molar-refractivity contribution is 6.01. The number of benzene rings is 1. The molecular weight excluding hydrogens is 244 g/mol. The van der Waals surface area contributed by atoms with Crippen molar-refractivity contribution in [3.8, 4) is 0 Å². The normalized spacial score (nSPS) is 19.5. The smallest absolute Gasteiger partial charge is 0.249 e. The van der Waals surface area contributed by atoms with Gasteiger partial charge in [0.05, 0.1) is 11.0 Å². The summed E-state index contributed by atoms with van der Waals surface area (Å²) < 4.78 is 1.90. The van der Waals surface area contributed by atoms with Gasteiger partial charge in [0.1, 0.15) is 6.04 Å². The van der Waals surface area contributed by atoms with Crippen molar-refractivity contribution in [1.29, 1.82) is 0 Å². The average Bonchev–Trinajstić information content (AvgIpc) is 2.70. The van der Waals surface area contributed by atoms with Crippen LogP contribution >= 0.6 is 0 Å². The Balaban J connectivity index is 1.87. The third-order valence-corrected chi connectivity index (χ3v) is 3.33. The van der Waals surface area contributed by atoms with Gasteiger partial charge in [-0.05, 0) is 18.6 Å². The lowest BCUT2D eigenvalue weighted by molar-refractivity contribution is -0.133. The van der Waals surface area contributed by atoms with Crippen LogP contribution in [0.3, 0.4) is 0 Å². The molecule has 0 saturated carbocycles. The number of piperidine rings is 1. The molecule has 0 bridgehead atoms. The largest absolute Gasteiger partial charge is 0.344 e. The zero-order valence-electron chi connectivity index (χ0n) is 10.5. The number of imide groups is 1. The van der Waals surface area contributed by atoms with Crippen LogP contribution in [0, 0.1) is 0 Å². The Bertz CT molecular complexity index is 662. The van der Waals surface area contributed by atoms with Crippen LogP contribution in [0.4, 0.5) is 5.95 Å². The Morgan fingerprint density at radius 1 is 1.37 bits per heavy atom. The number of anilines is 1. The maximum absolute atomic E-state index is 11.7. The van der Waals surface area contributed by atoms with Crippen LogP contribution in [0.5, 0.6) is 0 Å². The van der Waals surface area contributed by atoms with Crippen molar-refractivity contribution in [3.05, 3.63) is 24.3 Å². The Morgan fingerprint density at radius 3 is 2.89 bits per heavy atom. The van der Waals surface area contributed by atoms with Gasteiger partial charge in [-0.1, -0.05) is 12.1 Å². The fourth-order valence-electron chi connectivity index (χ4n) is 2.26. The third-order valence-electron chi connectivity index (χ3n) is 3.33. The molecule has 0 aliphatic carbocycles. The predicted octanol–water partition coefficient (Wildman–Crippen LogP) is 0.790. The topological polar surface area (TPSA) is 76.0 Å². The van der Waals surface area contributed by atoms with E-state index in [9.17, 15) is 9.59 Å². The lowest BCUT2D eigenvalue weighted by Gasteiger charge is -2.22. The first-order valence-electron chi connectivity index (χ1n) is 6.17. The Kier molecular flexibility index (Phi) is 2.70. The van der Waals surface area contributed by atoms with Gasteiger partial charge >= 0.3 is 0 Å². The molecule has 0 radical (unpaired) electrons. The Morgan fingerprint density at radius 2 is 2.16 bits per heavy atom. The van der Waals surface area contributed by atoms with Crippen LogP contribution in [0.1, 0.15) is 12.8 Å². The van der Waals surface area contributed by atoms with Crippen LogP contribution < -0.4 is 10.6 Å². The molecule has 1 atom stereocenters. The van der Waals surface area contributed by atoms with Crippen LogP contribution in [0.15, 0.2) is 24.3 Å². The minimum atomic E-state index is -0.409. The number of amides is 2. The number of carbonyl (C=O) groups is 2. The molecule has 98 valence electrons. The number of imidazole rings is 1. The maximum Gasteiger partial charge on any atom is 0.249 e. The second-order valence-electron chi connectivity index (χ2n) is 4.63. The first kappa shape index (κ1) is 11.7. The second-order valence-corrected chi connectivity index (χ2v) is 4.63. The van der Waals surface area contributed by atoms with Crippen molar-refractivity contribution < 1.29 is 9.59 Å². The number of hydrogen-bond acceptors (Lipinski definition) is 4. The number of fused-ring (bicyclic) bond motifs is 1. The lowest BCUT2D eigenvalue weighted by atomic mass is 10.1. The van der Waals surface area contributed by atoms with Gasteiger partial charge in [0.15, 0.2) is 0 Å². The number of hydrogen-bond donors (Lipinski definition) is 2. The minimum absolute atomic E-state index is 0.215. The van der Waals surface area contributed by atoms with E-state index >= 15 is 0 Å². The molecule has 1 aromatic carbocycles. The van der Waals surface area contributed by atoms with Gasteiger partial charge in [-0.2, -0.15) is 0 Å². The van der Waals surface area contributed by atoms with E-state index in [0.717, 1.165) is 11.0 Å². The monoisotopic (exact) mass is 258 g/mol. The summed E-state index contributed by atoms with van der Waals surface area (Å²) in [4.78, 5) is 27.2. The van der Waals surface area contributed by atoms with Gasteiger partial charge in [-0.25, -0.2) is 4.98 Å². The van der Waals surface area contributed by atoms with Gasteiger partial charge < -0.3 is 9.88 Å². The summed E-state index contributed by atoms with van der Waals surface area (Å²) in [5, 5.41) is 5.42. The fourth-order valence-corrected chi connectivity index (χ4v) is 2.26. The summed E-state index contributed by atoms with van der Waals surface area (Å²) >= 11 is 0. The van der Waals surface area contributed by atoms with Gasteiger partial charge in [0.25, 0.3) is 0 Å². The van der Waals surface area contributed by atoms with Crippen LogP contribution in [-0.2, 0) is 16.6 Å². The van der Waals surface area contributed by atoms with E-state index in [2.05, 4.69) is 15.6 Å². The van der Waals surface area contributed by atoms with Gasteiger partial charge in [-0.3, -0.25) is 14.9 Å². The van der Waals surface area contributed by atoms with Crippen molar-refractivity contribution in [1.82, 2.24) is 14.9 Å². The fraction of sp³-hybridized carbons (Fsp3) is 0.308. The van der Waals surface area contributed by atoms with Crippen molar-refractivity contribution in [2.24, 2.45) is 7.05 Å². The Labute approximate surface area is 109 Å². The van der Waals surface area contributed by atoms with Crippen LogP contribution in [0.2, 0.25) is 0 Å². The average molecular weight is 258 g/mol. The number of aromatic nitrogens is 2. The van der Waals surface area contributed by atoms with Crippen molar-refractivity contribution in [2.75, 3.05) is 5.32 Å². The standard InChI is InChI=1S/C13H14N4O2/c1-17-10-5-3-2-4-8(10)14-13(17)15-9-6-7-11(18)16-12(9)19/h2-5,9H,6-7H2,1H3,(H,14,15)(H,16,18,19). The number of carbonyl (C=O) groups excluding carboxylic acids is 2. The summed E-state index contributed by atoms with van der Waals surface area (Å²) in [6.07, 6.45) is 0.848. The molecule has 1 aliphatic heterocycles. The summed E-state index contributed by atoms with van der Waals surface area (Å²) in [5.41, 5.74) is 1.87.